The lowest BCUT2D eigenvalue weighted by Crippen LogP contribution is -2.28. The van der Waals surface area contributed by atoms with Gasteiger partial charge >= 0.3 is 0 Å². The Bertz CT molecular complexity index is 797. The van der Waals surface area contributed by atoms with Gasteiger partial charge in [-0.05, 0) is 61.5 Å². The lowest BCUT2D eigenvalue weighted by molar-refractivity contribution is -0.119. The molecule has 1 aromatic rings. The molecule has 0 saturated heterocycles. The van der Waals surface area contributed by atoms with Crippen LogP contribution in [0.4, 0.5) is 5.00 Å². The molecule has 31 heavy (non-hydrogen) atoms. The third kappa shape index (κ3) is 9.78. The standard InChI is InChI=1S/C21H34N2O6S2/c1-31(28,29)23-20(27)8-5-3-2-4-7-16-17(19(26)13-18(16)25)11-10-15(24)14-22-21-9-6-12-30-21/h6,9,12,14-19,24-26H,2-5,7-8,10-11,13H2,1H3,(H,23,27)/b22-14+/t15?,16-,17-,18+,19-/m1/s1. The minimum atomic E-state index is -3.50. The van der Waals surface area contributed by atoms with Gasteiger partial charge in [0.05, 0.1) is 24.6 Å². The Hall–Kier alpha value is -1.33. The first kappa shape index (κ1) is 25.9. The molecule has 1 unspecified atom stereocenters. The number of thiophene rings is 1. The summed E-state index contributed by atoms with van der Waals surface area (Å²) in [6, 6.07) is 3.77. The van der Waals surface area contributed by atoms with E-state index in [1.165, 1.54) is 17.6 Å². The van der Waals surface area contributed by atoms with Crippen LogP contribution in [-0.2, 0) is 14.8 Å². The molecule has 8 nitrogen and oxygen atoms in total. The second-order valence-corrected chi connectivity index (χ2v) is 11.0. The van der Waals surface area contributed by atoms with Crippen LogP contribution in [0.2, 0.25) is 0 Å². The summed E-state index contributed by atoms with van der Waals surface area (Å²) in [6.07, 6.45) is 6.22. The summed E-state index contributed by atoms with van der Waals surface area (Å²) in [5.74, 6) is -0.552. The van der Waals surface area contributed by atoms with Crippen molar-refractivity contribution in [3.8, 4) is 0 Å². The van der Waals surface area contributed by atoms with Crippen molar-refractivity contribution in [2.45, 2.75) is 76.1 Å². The highest BCUT2D eigenvalue weighted by Gasteiger charge is 2.40. The Morgan fingerprint density at radius 3 is 2.55 bits per heavy atom. The zero-order chi connectivity index (χ0) is 22.9. The molecule has 1 amide bonds. The van der Waals surface area contributed by atoms with Crippen molar-refractivity contribution in [3.05, 3.63) is 17.5 Å². The van der Waals surface area contributed by atoms with E-state index in [-0.39, 0.29) is 18.3 Å². The molecular formula is C21H34N2O6S2. The van der Waals surface area contributed by atoms with Gasteiger partial charge in [0.1, 0.15) is 5.00 Å². The predicted octanol–water partition coefficient (Wildman–Crippen LogP) is 2.37. The van der Waals surface area contributed by atoms with E-state index in [0.717, 1.165) is 36.9 Å². The molecule has 5 atom stereocenters. The number of hydrogen-bond donors (Lipinski definition) is 4. The number of sulfonamides is 1. The molecule has 2 rings (SSSR count). The Kier molecular flexibility index (Phi) is 10.6. The second-order valence-electron chi connectivity index (χ2n) is 8.32. The van der Waals surface area contributed by atoms with Crippen molar-refractivity contribution in [2.24, 2.45) is 16.8 Å². The highest BCUT2D eigenvalue weighted by atomic mass is 32.2. The minimum absolute atomic E-state index is 0.00929. The van der Waals surface area contributed by atoms with E-state index >= 15 is 0 Å². The van der Waals surface area contributed by atoms with Crippen LogP contribution in [0, 0.1) is 11.8 Å². The molecule has 1 aliphatic carbocycles. The highest BCUT2D eigenvalue weighted by Crippen LogP contribution is 2.39. The largest absolute Gasteiger partial charge is 0.393 e. The first-order chi connectivity index (χ1) is 14.7. The Morgan fingerprint density at radius 1 is 1.23 bits per heavy atom. The van der Waals surface area contributed by atoms with Crippen LogP contribution < -0.4 is 4.72 Å². The first-order valence-corrected chi connectivity index (χ1v) is 13.6. The number of hydrogen-bond acceptors (Lipinski definition) is 8. The van der Waals surface area contributed by atoms with Crippen molar-refractivity contribution >= 4 is 38.5 Å². The lowest BCUT2D eigenvalue weighted by atomic mass is 9.85. The average Bonchev–Trinajstić information content (AvgIpc) is 3.27. The van der Waals surface area contributed by atoms with Crippen molar-refractivity contribution in [1.29, 1.82) is 0 Å². The third-order valence-corrected chi connectivity index (χ3v) is 7.06. The summed E-state index contributed by atoms with van der Waals surface area (Å²) in [5.41, 5.74) is 0. The van der Waals surface area contributed by atoms with Gasteiger partial charge in [-0.2, -0.15) is 0 Å². The van der Waals surface area contributed by atoms with Gasteiger partial charge < -0.3 is 15.3 Å². The summed E-state index contributed by atoms with van der Waals surface area (Å²) in [7, 11) is -3.50. The highest BCUT2D eigenvalue weighted by molar-refractivity contribution is 7.89. The Balaban J connectivity index is 1.68. The van der Waals surface area contributed by atoms with Crippen LogP contribution in [0.1, 0.15) is 57.8 Å². The van der Waals surface area contributed by atoms with Gasteiger partial charge in [0, 0.05) is 12.6 Å². The summed E-state index contributed by atoms with van der Waals surface area (Å²) in [6.45, 7) is 0. The van der Waals surface area contributed by atoms with Crippen LogP contribution in [0.3, 0.4) is 0 Å². The van der Waals surface area contributed by atoms with Crippen molar-refractivity contribution in [2.75, 3.05) is 6.26 Å². The van der Waals surface area contributed by atoms with Crippen LogP contribution in [-0.4, -0.2) is 60.4 Å². The van der Waals surface area contributed by atoms with Crippen LogP contribution >= 0.6 is 11.3 Å². The van der Waals surface area contributed by atoms with Gasteiger partial charge in [-0.15, -0.1) is 11.3 Å². The van der Waals surface area contributed by atoms with E-state index in [1.54, 1.807) is 0 Å². The third-order valence-electron chi connectivity index (χ3n) is 5.69. The maximum atomic E-state index is 11.5. The summed E-state index contributed by atoms with van der Waals surface area (Å²) in [4.78, 5) is 15.7. The molecule has 0 aliphatic heterocycles. The number of unbranched alkanes of at least 4 members (excludes halogenated alkanes) is 3. The monoisotopic (exact) mass is 474 g/mol. The molecule has 0 radical (unpaired) electrons. The fourth-order valence-electron chi connectivity index (χ4n) is 4.20. The molecule has 4 N–H and O–H groups in total. The molecule has 0 bridgehead atoms. The van der Waals surface area contributed by atoms with E-state index in [4.69, 9.17) is 0 Å². The predicted molar refractivity (Wildman–Crippen MR) is 122 cm³/mol. The lowest BCUT2D eigenvalue weighted by Gasteiger charge is -2.24. The fourth-order valence-corrected chi connectivity index (χ4v) is 5.29. The minimum Gasteiger partial charge on any atom is -0.393 e. The van der Waals surface area contributed by atoms with Crippen LogP contribution in [0.25, 0.3) is 0 Å². The normalized spacial score (nSPS) is 25.2. The van der Waals surface area contributed by atoms with Crippen LogP contribution in [0.5, 0.6) is 0 Å². The Labute approximate surface area is 188 Å². The van der Waals surface area contributed by atoms with E-state index in [1.807, 2.05) is 22.2 Å². The molecule has 1 aromatic heterocycles. The molecule has 1 saturated carbocycles. The van der Waals surface area contributed by atoms with Gasteiger partial charge in [-0.1, -0.05) is 19.3 Å². The number of nitrogens with one attached hydrogen (secondary N) is 1. The fraction of sp³-hybridized carbons (Fsp3) is 0.714. The number of carbonyl (C=O) groups excluding carboxylic acids is 1. The number of rotatable bonds is 13. The summed E-state index contributed by atoms with van der Waals surface area (Å²) >= 11 is 1.50. The topological polar surface area (TPSA) is 136 Å². The molecular weight excluding hydrogens is 440 g/mol. The van der Waals surface area contributed by atoms with E-state index < -0.39 is 34.2 Å². The molecule has 176 valence electrons. The molecule has 0 spiro atoms. The molecule has 1 fully saturated rings. The number of aliphatic hydroxyl groups is 3. The van der Waals surface area contributed by atoms with E-state index in [0.29, 0.717) is 25.7 Å². The van der Waals surface area contributed by atoms with Gasteiger partial charge in [-0.3, -0.25) is 9.52 Å². The first-order valence-electron chi connectivity index (χ1n) is 10.8. The van der Waals surface area contributed by atoms with Gasteiger partial charge in [-0.25, -0.2) is 13.4 Å². The number of aliphatic imine (C=N–C) groups is 1. The maximum Gasteiger partial charge on any atom is 0.233 e. The zero-order valence-electron chi connectivity index (χ0n) is 17.9. The molecule has 1 heterocycles. The van der Waals surface area contributed by atoms with Crippen molar-refractivity contribution in [3.63, 3.8) is 0 Å². The number of amides is 1. The van der Waals surface area contributed by atoms with Crippen molar-refractivity contribution < 1.29 is 28.5 Å². The van der Waals surface area contributed by atoms with Gasteiger partial charge in [0.25, 0.3) is 0 Å². The molecule has 1 aliphatic rings. The van der Waals surface area contributed by atoms with Gasteiger partial charge in [0.2, 0.25) is 15.9 Å². The maximum absolute atomic E-state index is 11.5. The second kappa shape index (κ2) is 12.6. The smallest absolute Gasteiger partial charge is 0.233 e. The zero-order valence-corrected chi connectivity index (χ0v) is 19.5. The quantitative estimate of drug-likeness (QED) is 0.256. The number of carbonyl (C=O) groups is 1. The van der Waals surface area contributed by atoms with Crippen molar-refractivity contribution in [1.82, 2.24) is 4.72 Å². The van der Waals surface area contributed by atoms with Gasteiger partial charge in [0.15, 0.2) is 0 Å². The summed E-state index contributed by atoms with van der Waals surface area (Å²) in [5, 5.41) is 33.6. The number of nitrogens with zero attached hydrogens (tertiary/aromatic N) is 1. The number of aliphatic hydroxyl groups excluding tert-OH is 3. The Morgan fingerprint density at radius 2 is 1.90 bits per heavy atom. The van der Waals surface area contributed by atoms with Crippen LogP contribution in [0.15, 0.2) is 22.5 Å². The van der Waals surface area contributed by atoms with E-state index in [2.05, 4.69) is 4.99 Å². The molecule has 0 aromatic carbocycles. The van der Waals surface area contributed by atoms with E-state index in [9.17, 15) is 28.5 Å². The summed E-state index contributed by atoms with van der Waals surface area (Å²) < 4.78 is 24.0. The molecule has 10 heteroatoms. The average molecular weight is 475 g/mol. The SMILES string of the molecule is CS(=O)(=O)NC(=O)CCCCCC[C@@H]1[C@@H](CCC(O)/C=N/c2cccs2)[C@H](O)C[C@@H]1O.